The summed E-state index contributed by atoms with van der Waals surface area (Å²) in [4.78, 5) is 2.57. The van der Waals surface area contributed by atoms with Crippen LogP contribution in [0.5, 0.6) is 0 Å². The van der Waals surface area contributed by atoms with E-state index < -0.39 is 0 Å². The van der Waals surface area contributed by atoms with Gasteiger partial charge in [0.15, 0.2) is 0 Å². The molecule has 1 unspecified atom stereocenters. The average molecular weight is 246 g/mol. The first-order valence-corrected chi connectivity index (χ1v) is 7.17. The molecule has 1 aromatic rings. The van der Waals surface area contributed by atoms with E-state index in [-0.39, 0.29) is 0 Å². The summed E-state index contributed by atoms with van der Waals surface area (Å²) >= 11 is 0. The molecule has 0 spiro atoms. The van der Waals surface area contributed by atoms with Crippen molar-refractivity contribution in [2.24, 2.45) is 0 Å². The standard InChI is InChI=1S/C16H26N2/c1-13-7-6-8-14(2)16(13)11-17-15(3)12-18-9-4-5-10-18/h6-8,15,17H,4-5,9-12H2,1-3H3. The van der Waals surface area contributed by atoms with Crippen LogP contribution in [0.25, 0.3) is 0 Å². The van der Waals surface area contributed by atoms with E-state index in [1.807, 2.05) is 0 Å². The lowest BCUT2D eigenvalue weighted by molar-refractivity contribution is 0.298. The van der Waals surface area contributed by atoms with Gasteiger partial charge in [0.25, 0.3) is 0 Å². The molecule has 1 atom stereocenters. The fraction of sp³-hybridized carbons (Fsp3) is 0.625. The van der Waals surface area contributed by atoms with Gasteiger partial charge in [-0.3, -0.25) is 0 Å². The van der Waals surface area contributed by atoms with E-state index >= 15 is 0 Å². The smallest absolute Gasteiger partial charge is 0.0213 e. The second-order valence-electron chi connectivity index (χ2n) is 5.66. The molecule has 1 aliphatic heterocycles. The summed E-state index contributed by atoms with van der Waals surface area (Å²) < 4.78 is 0. The van der Waals surface area contributed by atoms with Crippen LogP contribution in [0.3, 0.4) is 0 Å². The Kier molecular flexibility index (Phi) is 4.79. The van der Waals surface area contributed by atoms with Crippen molar-refractivity contribution in [2.75, 3.05) is 19.6 Å². The second-order valence-corrected chi connectivity index (χ2v) is 5.66. The van der Waals surface area contributed by atoms with Crippen LogP contribution in [-0.2, 0) is 6.54 Å². The highest BCUT2D eigenvalue weighted by molar-refractivity contribution is 5.33. The van der Waals surface area contributed by atoms with Gasteiger partial charge in [0.05, 0.1) is 0 Å². The maximum atomic E-state index is 3.67. The summed E-state index contributed by atoms with van der Waals surface area (Å²) in [5.74, 6) is 0. The largest absolute Gasteiger partial charge is 0.309 e. The molecule has 18 heavy (non-hydrogen) atoms. The minimum absolute atomic E-state index is 0.571. The molecule has 1 saturated heterocycles. The maximum absolute atomic E-state index is 3.67. The van der Waals surface area contributed by atoms with Crippen LogP contribution in [0, 0.1) is 13.8 Å². The Morgan fingerprint density at radius 2 is 1.78 bits per heavy atom. The van der Waals surface area contributed by atoms with Gasteiger partial charge in [-0.1, -0.05) is 18.2 Å². The molecule has 2 rings (SSSR count). The number of benzene rings is 1. The molecule has 0 saturated carbocycles. The third-order valence-corrected chi connectivity index (χ3v) is 4.00. The molecule has 100 valence electrons. The molecular formula is C16H26N2. The Morgan fingerprint density at radius 3 is 2.39 bits per heavy atom. The van der Waals surface area contributed by atoms with Gasteiger partial charge in [0.1, 0.15) is 0 Å². The number of hydrogen-bond donors (Lipinski definition) is 1. The van der Waals surface area contributed by atoms with E-state index in [0.29, 0.717) is 6.04 Å². The fourth-order valence-corrected chi connectivity index (χ4v) is 2.82. The molecule has 1 N–H and O–H groups in total. The molecule has 1 fully saturated rings. The van der Waals surface area contributed by atoms with Gasteiger partial charge in [-0.2, -0.15) is 0 Å². The van der Waals surface area contributed by atoms with Gasteiger partial charge in [-0.15, -0.1) is 0 Å². The van der Waals surface area contributed by atoms with Crippen LogP contribution in [0.2, 0.25) is 0 Å². The first kappa shape index (κ1) is 13.6. The number of rotatable bonds is 5. The number of aryl methyl sites for hydroxylation is 2. The van der Waals surface area contributed by atoms with Crippen molar-refractivity contribution in [1.29, 1.82) is 0 Å². The van der Waals surface area contributed by atoms with Crippen LogP contribution in [-0.4, -0.2) is 30.6 Å². The molecule has 0 aliphatic carbocycles. The molecule has 0 radical (unpaired) electrons. The van der Waals surface area contributed by atoms with Crippen LogP contribution < -0.4 is 5.32 Å². The van der Waals surface area contributed by atoms with E-state index in [1.165, 1.54) is 49.2 Å². The molecule has 2 heteroatoms. The van der Waals surface area contributed by atoms with Gasteiger partial charge in [0.2, 0.25) is 0 Å². The molecule has 0 bridgehead atoms. The summed E-state index contributed by atoms with van der Waals surface area (Å²) in [6.45, 7) is 11.5. The van der Waals surface area contributed by atoms with Crippen molar-refractivity contribution in [3.63, 3.8) is 0 Å². The molecule has 1 heterocycles. The van der Waals surface area contributed by atoms with Gasteiger partial charge in [-0.05, 0) is 63.4 Å². The average Bonchev–Trinajstić information content (AvgIpc) is 2.81. The van der Waals surface area contributed by atoms with Crippen molar-refractivity contribution in [1.82, 2.24) is 10.2 Å². The highest BCUT2D eigenvalue weighted by atomic mass is 15.2. The Morgan fingerprint density at radius 1 is 1.17 bits per heavy atom. The zero-order chi connectivity index (χ0) is 13.0. The van der Waals surface area contributed by atoms with Gasteiger partial charge in [-0.25, -0.2) is 0 Å². The molecular weight excluding hydrogens is 220 g/mol. The fourth-order valence-electron chi connectivity index (χ4n) is 2.82. The molecule has 0 aromatic heterocycles. The summed E-state index contributed by atoms with van der Waals surface area (Å²) in [6.07, 6.45) is 2.76. The Balaban J connectivity index is 1.83. The van der Waals surface area contributed by atoms with Crippen LogP contribution in [0.1, 0.15) is 36.5 Å². The van der Waals surface area contributed by atoms with Gasteiger partial charge in [0, 0.05) is 19.1 Å². The number of nitrogens with zero attached hydrogens (tertiary/aromatic N) is 1. The van der Waals surface area contributed by atoms with Crippen molar-refractivity contribution in [3.8, 4) is 0 Å². The van der Waals surface area contributed by atoms with Crippen molar-refractivity contribution < 1.29 is 0 Å². The third-order valence-electron chi connectivity index (χ3n) is 4.00. The van der Waals surface area contributed by atoms with E-state index in [9.17, 15) is 0 Å². The number of hydrogen-bond acceptors (Lipinski definition) is 2. The lowest BCUT2D eigenvalue weighted by atomic mass is 10.0. The Hall–Kier alpha value is -0.860. The molecule has 1 aromatic carbocycles. The third kappa shape index (κ3) is 3.56. The van der Waals surface area contributed by atoms with Crippen LogP contribution in [0.4, 0.5) is 0 Å². The first-order valence-electron chi connectivity index (χ1n) is 7.17. The zero-order valence-electron chi connectivity index (χ0n) is 12.0. The van der Waals surface area contributed by atoms with E-state index in [4.69, 9.17) is 0 Å². The zero-order valence-corrected chi connectivity index (χ0v) is 12.0. The summed E-state index contributed by atoms with van der Waals surface area (Å²) in [7, 11) is 0. The predicted molar refractivity (Wildman–Crippen MR) is 77.9 cm³/mol. The minimum Gasteiger partial charge on any atom is -0.309 e. The Labute approximate surface area is 111 Å². The van der Waals surface area contributed by atoms with Gasteiger partial charge >= 0.3 is 0 Å². The normalized spacial score (nSPS) is 18.2. The number of likely N-dealkylation sites (tertiary alicyclic amines) is 1. The first-order chi connectivity index (χ1) is 8.66. The summed E-state index contributed by atoms with van der Waals surface area (Å²) in [5.41, 5.74) is 4.26. The SMILES string of the molecule is Cc1cccc(C)c1CNC(C)CN1CCCC1. The highest BCUT2D eigenvalue weighted by Gasteiger charge is 2.14. The van der Waals surface area contributed by atoms with E-state index in [0.717, 1.165) is 6.54 Å². The molecule has 1 aliphatic rings. The summed E-state index contributed by atoms with van der Waals surface area (Å²) in [5, 5.41) is 3.67. The van der Waals surface area contributed by atoms with E-state index in [1.54, 1.807) is 0 Å². The molecule has 0 amide bonds. The van der Waals surface area contributed by atoms with E-state index in [2.05, 4.69) is 49.2 Å². The van der Waals surface area contributed by atoms with Crippen LogP contribution in [0.15, 0.2) is 18.2 Å². The lowest BCUT2D eigenvalue weighted by Crippen LogP contribution is -2.37. The monoisotopic (exact) mass is 246 g/mol. The topological polar surface area (TPSA) is 15.3 Å². The maximum Gasteiger partial charge on any atom is 0.0213 e. The lowest BCUT2D eigenvalue weighted by Gasteiger charge is -2.22. The number of nitrogens with one attached hydrogen (secondary N) is 1. The second kappa shape index (κ2) is 6.35. The minimum atomic E-state index is 0.571. The van der Waals surface area contributed by atoms with Crippen molar-refractivity contribution >= 4 is 0 Å². The molecule has 2 nitrogen and oxygen atoms in total. The summed E-state index contributed by atoms with van der Waals surface area (Å²) in [6, 6.07) is 7.12. The quantitative estimate of drug-likeness (QED) is 0.859. The van der Waals surface area contributed by atoms with Crippen LogP contribution >= 0.6 is 0 Å². The Bertz CT molecular complexity index is 360. The van der Waals surface area contributed by atoms with Gasteiger partial charge < -0.3 is 10.2 Å². The van der Waals surface area contributed by atoms with Crippen molar-refractivity contribution in [2.45, 2.75) is 46.2 Å². The highest BCUT2D eigenvalue weighted by Crippen LogP contribution is 2.13. The predicted octanol–water partition coefficient (Wildman–Crippen LogP) is 2.88. The van der Waals surface area contributed by atoms with Crippen molar-refractivity contribution in [3.05, 3.63) is 34.9 Å².